The van der Waals surface area contributed by atoms with Gasteiger partial charge in [-0.15, -0.1) is 12.8 Å². The fourth-order valence-electron chi connectivity index (χ4n) is 2.61. The zero-order valence-electron chi connectivity index (χ0n) is 16.9. The molecule has 1 aromatic carbocycles. The van der Waals surface area contributed by atoms with Gasteiger partial charge in [-0.25, -0.2) is 0 Å². The van der Waals surface area contributed by atoms with Gasteiger partial charge in [-0.1, -0.05) is 62.9 Å². The Labute approximate surface area is 161 Å². The van der Waals surface area contributed by atoms with Crippen LogP contribution >= 0.6 is 0 Å². The summed E-state index contributed by atoms with van der Waals surface area (Å²) >= 11 is 0. The monoisotopic (exact) mass is 359 g/mol. The number of nitrogens with one attached hydrogen (secondary N) is 1. The van der Waals surface area contributed by atoms with Gasteiger partial charge >= 0.3 is 0 Å². The molecule has 1 rings (SSSR count). The van der Waals surface area contributed by atoms with Crippen molar-refractivity contribution < 1.29 is 4.84 Å². The smallest absolute Gasteiger partial charge is 0.120 e. The SMILES string of the molecule is C#C.CCCCCCCC(=NCCN(C)CCc1ccccc1)NOC. The molecule has 0 saturated carbocycles. The number of unbranched alkanes of at least 4 members (excludes halogenated alkanes) is 4. The summed E-state index contributed by atoms with van der Waals surface area (Å²) < 4.78 is 0. The van der Waals surface area contributed by atoms with E-state index in [2.05, 4.69) is 72.5 Å². The van der Waals surface area contributed by atoms with Gasteiger partial charge in [0.1, 0.15) is 5.84 Å². The Balaban J connectivity index is 0.00000301. The van der Waals surface area contributed by atoms with Crippen molar-refractivity contribution in [1.82, 2.24) is 10.4 Å². The molecule has 26 heavy (non-hydrogen) atoms. The van der Waals surface area contributed by atoms with E-state index in [1.165, 1.54) is 37.7 Å². The molecule has 0 aliphatic carbocycles. The van der Waals surface area contributed by atoms with Gasteiger partial charge in [0.05, 0.1) is 13.7 Å². The summed E-state index contributed by atoms with van der Waals surface area (Å²) in [6.45, 7) is 5.08. The van der Waals surface area contributed by atoms with E-state index in [1.54, 1.807) is 7.11 Å². The summed E-state index contributed by atoms with van der Waals surface area (Å²) in [5.74, 6) is 0.977. The van der Waals surface area contributed by atoms with Crippen LogP contribution in [-0.4, -0.2) is 44.5 Å². The highest BCUT2D eigenvalue weighted by molar-refractivity contribution is 5.81. The Hall–Kier alpha value is -1.83. The van der Waals surface area contributed by atoms with Crippen molar-refractivity contribution in [2.75, 3.05) is 33.8 Å². The van der Waals surface area contributed by atoms with E-state index in [9.17, 15) is 0 Å². The van der Waals surface area contributed by atoms with E-state index in [-0.39, 0.29) is 0 Å². The third kappa shape index (κ3) is 13.5. The Bertz CT molecular complexity index is 471. The highest BCUT2D eigenvalue weighted by Crippen LogP contribution is 2.05. The summed E-state index contributed by atoms with van der Waals surface area (Å²) in [6, 6.07) is 10.6. The molecule has 0 aromatic heterocycles. The van der Waals surface area contributed by atoms with E-state index in [0.29, 0.717) is 0 Å². The van der Waals surface area contributed by atoms with Crippen LogP contribution in [0.1, 0.15) is 51.0 Å². The molecule has 1 N–H and O–H groups in total. The van der Waals surface area contributed by atoms with Crippen LogP contribution in [0.3, 0.4) is 0 Å². The van der Waals surface area contributed by atoms with E-state index < -0.39 is 0 Å². The van der Waals surface area contributed by atoms with Crippen LogP contribution in [0.25, 0.3) is 0 Å². The molecule has 1 aromatic rings. The van der Waals surface area contributed by atoms with Gasteiger partial charge in [0.25, 0.3) is 0 Å². The highest BCUT2D eigenvalue weighted by Gasteiger charge is 2.01. The number of aliphatic imine (C=N–C) groups is 1. The minimum atomic E-state index is 0.811. The largest absolute Gasteiger partial charge is 0.304 e. The van der Waals surface area contributed by atoms with Crippen LogP contribution in [0.4, 0.5) is 0 Å². The number of likely N-dealkylation sites (N-methyl/N-ethyl adjacent to an activating group) is 1. The van der Waals surface area contributed by atoms with Gasteiger partial charge in [-0.3, -0.25) is 15.3 Å². The van der Waals surface area contributed by atoms with Crippen LogP contribution in [0.2, 0.25) is 0 Å². The molecule has 0 bridgehead atoms. The quantitative estimate of drug-likeness (QED) is 0.187. The summed E-state index contributed by atoms with van der Waals surface area (Å²) in [5, 5.41) is 0. The predicted molar refractivity (Wildman–Crippen MR) is 113 cm³/mol. The van der Waals surface area contributed by atoms with Gasteiger partial charge < -0.3 is 4.90 Å². The molecule has 0 radical (unpaired) electrons. The number of terminal acetylenes is 1. The Morgan fingerprint density at radius 1 is 1.08 bits per heavy atom. The molecule has 146 valence electrons. The fourth-order valence-corrected chi connectivity index (χ4v) is 2.61. The number of amidine groups is 1. The predicted octanol–water partition coefficient (Wildman–Crippen LogP) is 4.32. The number of nitrogens with zero attached hydrogens (tertiary/aromatic N) is 2. The average molecular weight is 360 g/mol. The molecule has 0 spiro atoms. The summed E-state index contributed by atoms with van der Waals surface area (Å²) in [6.07, 6.45) is 16.4. The van der Waals surface area contributed by atoms with Crippen LogP contribution in [0, 0.1) is 12.8 Å². The van der Waals surface area contributed by atoms with Gasteiger partial charge in [-0.05, 0) is 25.5 Å². The molecule has 0 atom stereocenters. The lowest BCUT2D eigenvalue weighted by molar-refractivity contribution is 0.142. The van der Waals surface area contributed by atoms with Gasteiger partial charge in [0.2, 0.25) is 0 Å². The highest BCUT2D eigenvalue weighted by atomic mass is 16.6. The van der Waals surface area contributed by atoms with Gasteiger partial charge in [0.15, 0.2) is 0 Å². The van der Waals surface area contributed by atoms with Crippen LogP contribution in [0.15, 0.2) is 35.3 Å². The number of hydrogen-bond acceptors (Lipinski definition) is 3. The normalized spacial score (nSPS) is 11.1. The second-order valence-electron chi connectivity index (χ2n) is 6.34. The lowest BCUT2D eigenvalue weighted by Gasteiger charge is -2.16. The summed E-state index contributed by atoms with van der Waals surface area (Å²) in [7, 11) is 3.81. The Morgan fingerprint density at radius 3 is 2.42 bits per heavy atom. The maximum Gasteiger partial charge on any atom is 0.120 e. The lowest BCUT2D eigenvalue weighted by Crippen LogP contribution is -2.27. The third-order valence-electron chi connectivity index (χ3n) is 4.15. The topological polar surface area (TPSA) is 36.9 Å². The molecule has 0 fully saturated rings. The van der Waals surface area contributed by atoms with E-state index in [1.807, 2.05) is 0 Å². The molecule has 0 amide bonds. The molecular formula is C22H37N3O. The van der Waals surface area contributed by atoms with Crippen LogP contribution in [0.5, 0.6) is 0 Å². The maximum atomic E-state index is 5.05. The number of hydroxylamine groups is 1. The van der Waals surface area contributed by atoms with E-state index in [4.69, 9.17) is 4.84 Å². The first kappa shape index (κ1) is 24.2. The third-order valence-corrected chi connectivity index (χ3v) is 4.15. The maximum absolute atomic E-state index is 5.05. The van der Waals surface area contributed by atoms with Crippen LogP contribution in [-0.2, 0) is 11.3 Å². The van der Waals surface area contributed by atoms with E-state index >= 15 is 0 Å². The molecular weight excluding hydrogens is 322 g/mol. The molecule has 0 unspecified atom stereocenters. The standard InChI is InChI=1S/C20H35N3O.C2H2/c1-4-5-6-7-11-14-20(22-24-3)21-16-18-23(2)17-15-19-12-9-8-10-13-19;1-2/h8-10,12-13H,4-7,11,14-18H2,1-3H3,(H,21,22);1-2H. The van der Waals surface area contributed by atoms with Crippen molar-refractivity contribution in [3.05, 3.63) is 35.9 Å². The van der Waals surface area contributed by atoms with Crippen molar-refractivity contribution in [2.45, 2.75) is 51.9 Å². The van der Waals surface area contributed by atoms with Gasteiger partial charge in [-0.2, -0.15) is 0 Å². The van der Waals surface area contributed by atoms with Crippen molar-refractivity contribution in [2.24, 2.45) is 4.99 Å². The lowest BCUT2D eigenvalue weighted by atomic mass is 10.1. The van der Waals surface area contributed by atoms with Gasteiger partial charge in [0, 0.05) is 19.5 Å². The number of hydrogen-bond donors (Lipinski definition) is 1. The molecule has 0 saturated heterocycles. The first-order valence-electron chi connectivity index (χ1n) is 9.64. The minimum absolute atomic E-state index is 0.811. The minimum Gasteiger partial charge on any atom is -0.304 e. The zero-order valence-corrected chi connectivity index (χ0v) is 16.9. The summed E-state index contributed by atoms with van der Waals surface area (Å²) in [5.41, 5.74) is 4.33. The van der Waals surface area contributed by atoms with Crippen LogP contribution < -0.4 is 5.48 Å². The first-order chi connectivity index (χ1) is 12.8. The van der Waals surface area contributed by atoms with Crippen molar-refractivity contribution in [3.8, 4) is 12.8 Å². The number of benzene rings is 1. The molecule has 0 aliphatic heterocycles. The fraction of sp³-hybridized carbons (Fsp3) is 0.591. The second kappa shape index (κ2) is 18.0. The second-order valence-corrected chi connectivity index (χ2v) is 6.34. The van der Waals surface area contributed by atoms with Crippen molar-refractivity contribution >= 4 is 5.84 Å². The van der Waals surface area contributed by atoms with Crippen molar-refractivity contribution in [1.29, 1.82) is 0 Å². The van der Waals surface area contributed by atoms with Crippen molar-refractivity contribution in [3.63, 3.8) is 0 Å². The first-order valence-corrected chi connectivity index (χ1v) is 9.64. The summed E-state index contributed by atoms with van der Waals surface area (Å²) in [4.78, 5) is 12.1. The molecule has 4 nitrogen and oxygen atoms in total. The Morgan fingerprint density at radius 2 is 1.77 bits per heavy atom. The average Bonchev–Trinajstić information content (AvgIpc) is 2.68. The van der Waals surface area contributed by atoms with E-state index in [0.717, 1.165) is 38.3 Å². The Kier molecular flexibility index (Phi) is 16.7. The molecule has 0 heterocycles. The molecule has 0 aliphatic rings. The number of rotatable bonds is 13. The molecule has 4 heteroatoms. The zero-order chi connectivity index (χ0) is 19.5.